The molecule has 0 radical (unpaired) electrons. The number of halogens is 3. The third kappa shape index (κ3) is 5.18. The van der Waals surface area contributed by atoms with Crippen LogP contribution in [0, 0.1) is 0 Å². The second-order valence-corrected chi connectivity index (χ2v) is 6.15. The molecule has 0 amide bonds. The van der Waals surface area contributed by atoms with Gasteiger partial charge in [0.25, 0.3) is 0 Å². The molecule has 25 heavy (non-hydrogen) atoms. The Morgan fingerprint density at radius 2 is 1.28 bits per heavy atom. The smallest absolute Gasteiger partial charge is 0.496 e. The van der Waals surface area contributed by atoms with E-state index in [0.29, 0.717) is 11.5 Å². The summed E-state index contributed by atoms with van der Waals surface area (Å²) < 4.78 is 79.5. The lowest BCUT2D eigenvalue weighted by atomic mass is 10.3. The number of alkyl halides is 3. The van der Waals surface area contributed by atoms with Crippen molar-refractivity contribution in [3.63, 3.8) is 0 Å². The molecule has 0 saturated carbocycles. The van der Waals surface area contributed by atoms with Crippen molar-refractivity contribution in [1.29, 1.82) is 0 Å². The van der Waals surface area contributed by atoms with E-state index in [2.05, 4.69) is 4.74 Å². The van der Waals surface area contributed by atoms with Gasteiger partial charge in [0, 0.05) is 18.2 Å². The SMILES string of the molecule is COc1cc(OC)cc(OS(=O)(=O)c2ccc(OC(F)(F)F)cc2)c1. The number of rotatable bonds is 6. The minimum atomic E-state index is -4.87. The van der Waals surface area contributed by atoms with Gasteiger partial charge in [-0.15, -0.1) is 13.2 Å². The third-order valence-corrected chi connectivity index (χ3v) is 4.14. The molecule has 0 fully saturated rings. The second-order valence-electron chi connectivity index (χ2n) is 4.61. The molecule has 2 rings (SSSR count). The molecule has 0 aliphatic heterocycles. The molecule has 0 bridgehead atoms. The number of hydrogen-bond acceptors (Lipinski definition) is 6. The zero-order valence-electron chi connectivity index (χ0n) is 13.0. The van der Waals surface area contributed by atoms with Crippen LogP contribution in [0.4, 0.5) is 13.2 Å². The third-order valence-electron chi connectivity index (χ3n) is 2.88. The van der Waals surface area contributed by atoms with Crippen LogP contribution in [0.25, 0.3) is 0 Å². The Bertz CT molecular complexity index is 809. The van der Waals surface area contributed by atoms with Crippen LogP contribution in [0.3, 0.4) is 0 Å². The fourth-order valence-corrected chi connectivity index (χ4v) is 2.73. The van der Waals surface area contributed by atoms with Crippen molar-refractivity contribution in [3.05, 3.63) is 42.5 Å². The van der Waals surface area contributed by atoms with Gasteiger partial charge >= 0.3 is 16.5 Å². The van der Waals surface area contributed by atoms with E-state index in [-0.39, 0.29) is 10.6 Å². The van der Waals surface area contributed by atoms with Crippen molar-refractivity contribution < 1.29 is 40.0 Å². The van der Waals surface area contributed by atoms with Crippen LogP contribution in [0.5, 0.6) is 23.0 Å². The molecule has 0 atom stereocenters. The van der Waals surface area contributed by atoms with Gasteiger partial charge in [0.2, 0.25) is 0 Å². The van der Waals surface area contributed by atoms with Crippen LogP contribution in [-0.2, 0) is 10.1 Å². The molecule has 0 spiro atoms. The van der Waals surface area contributed by atoms with Gasteiger partial charge in [0.15, 0.2) is 0 Å². The molecule has 0 aliphatic rings. The van der Waals surface area contributed by atoms with Gasteiger partial charge in [-0.05, 0) is 24.3 Å². The van der Waals surface area contributed by atoms with Crippen molar-refractivity contribution in [1.82, 2.24) is 0 Å². The highest BCUT2D eigenvalue weighted by atomic mass is 32.2. The summed E-state index contributed by atoms with van der Waals surface area (Å²) in [6.45, 7) is 0. The van der Waals surface area contributed by atoms with Crippen LogP contribution in [0.2, 0.25) is 0 Å². The van der Waals surface area contributed by atoms with Gasteiger partial charge in [0.05, 0.1) is 14.2 Å². The summed E-state index contributed by atoms with van der Waals surface area (Å²) in [5, 5.41) is 0. The Balaban J connectivity index is 2.24. The highest BCUT2D eigenvalue weighted by Gasteiger charge is 2.31. The van der Waals surface area contributed by atoms with Gasteiger partial charge < -0.3 is 18.4 Å². The molecule has 0 heterocycles. The van der Waals surface area contributed by atoms with Gasteiger partial charge in [-0.3, -0.25) is 0 Å². The minimum absolute atomic E-state index is 0.0770. The molecule has 0 N–H and O–H groups in total. The fourth-order valence-electron chi connectivity index (χ4n) is 1.81. The largest absolute Gasteiger partial charge is 0.573 e. The Kier molecular flexibility index (Phi) is 5.31. The van der Waals surface area contributed by atoms with E-state index in [4.69, 9.17) is 13.7 Å². The first kappa shape index (κ1) is 18.7. The Morgan fingerprint density at radius 1 is 0.800 bits per heavy atom. The lowest BCUT2D eigenvalue weighted by Gasteiger charge is -2.11. The van der Waals surface area contributed by atoms with Crippen molar-refractivity contribution in [2.75, 3.05) is 14.2 Å². The maximum absolute atomic E-state index is 12.2. The first-order valence-electron chi connectivity index (χ1n) is 6.66. The first-order chi connectivity index (χ1) is 11.6. The quantitative estimate of drug-likeness (QED) is 0.718. The summed E-state index contributed by atoms with van der Waals surface area (Å²) in [7, 11) is -1.51. The van der Waals surface area contributed by atoms with Crippen molar-refractivity contribution in [2.45, 2.75) is 11.3 Å². The lowest BCUT2D eigenvalue weighted by molar-refractivity contribution is -0.274. The average Bonchev–Trinajstić information content (AvgIpc) is 2.53. The molecular formula is C15H13F3O6S. The van der Waals surface area contributed by atoms with E-state index < -0.39 is 22.2 Å². The Morgan fingerprint density at radius 3 is 1.72 bits per heavy atom. The van der Waals surface area contributed by atoms with Gasteiger partial charge in [-0.1, -0.05) is 0 Å². The van der Waals surface area contributed by atoms with Crippen molar-refractivity contribution in [3.8, 4) is 23.0 Å². The molecule has 0 aliphatic carbocycles. The zero-order chi connectivity index (χ0) is 18.7. The summed E-state index contributed by atoms with van der Waals surface area (Å²) in [5.74, 6) is -0.0155. The minimum Gasteiger partial charge on any atom is -0.496 e. The van der Waals surface area contributed by atoms with Gasteiger partial charge in [-0.25, -0.2) is 0 Å². The molecule has 136 valence electrons. The molecule has 0 unspecified atom stereocenters. The van der Waals surface area contributed by atoms with Crippen LogP contribution in [0.1, 0.15) is 0 Å². The maximum atomic E-state index is 12.2. The van der Waals surface area contributed by atoms with E-state index in [1.807, 2.05) is 0 Å². The molecule has 10 heteroatoms. The van der Waals surface area contributed by atoms with E-state index in [9.17, 15) is 21.6 Å². The molecule has 2 aromatic rings. The van der Waals surface area contributed by atoms with Crippen molar-refractivity contribution in [2.24, 2.45) is 0 Å². The normalized spacial score (nSPS) is 11.7. The number of benzene rings is 2. The number of ether oxygens (including phenoxy) is 3. The van der Waals surface area contributed by atoms with E-state index in [1.54, 1.807) is 0 Å². The molecule has 2 aromatic carbocycles. The maximum Gasteiger partial charge on any atom is 0.573 e. The van der Waals surface area contributed by atoms with Crippen LogP contribution < -0.4 is 18.4 Å². The predicted molar refractivity (Wildman–Crippen MR) is 80.5 cm³/mol. The fraction of sp³-hybridized carbons (Fsp3) is 0.200. The highest BCUT2D eigenvalue weighted by molar-refractivity contribution is 7.87. The van der Waals surface area contributed by atoms with Gasteiger partial charge in [0.1, 0.15) is 27.9 Å². The molecule has 6 nitrogen and oxygen atoms in total. The monoisotopic (exact) mass is 378 g/mol. The number of methoxy groups -OCH3 is 2. The average molecular weight is 378 g/mol. The standard InChI is InChI=1S/C15H13F3O6S/c1-21-11-7-12(22-2)9-13(8-11)24-25(19,20)14-5-3-10(4-6-14)23-15(16,17)18/h3-9H,1-2H3. The van der Waals surface area contributed by atoms with Crippen LogP contribution >= 0.6 is 0 Å². The molecule has 0 saturated heterocycles. The molecular weight excluding hydrogens is 365 g/mol. The summed E-state index contributed by atoms with van der Waals surface area (Å²) in [4.78, 5) is -0.344. The summed E-state index contributed by atoms with van der Waals surface area (Å²) in [6, 6.07) is 7.78. The highest BCUT2D eigenvalue weighted by Crippen LogP contribution is 2.30. The Hall–Kier alpha value is -2.62. The van der Waals surface area contributed by atoms with E-state index >= 15 is 0 Å². The summed E-state index contributed by atoms with van der Waals surface area (Å²) >= 11 is 0. The summed E-state index contributed by atoms with van der Waals surface area (Å²) in [5.41, 5.74) is 0. The lowest BCUT2D eigenvalue weighted by Crippen LogP contribution is -2.17. The van der Waals surface area contributed by atoms with Crippen LogP contribution in [-0.4, -0.2) is 29.0 Å². The van der Waals surface area contributed by atoms with Crippen LogP contribution in [0.15, 0.2) is 47.4 Å². The Labute approximate surface area is 141 Å². The topological polar surface area (TPSA) is 71.1 Å². The van der Waals surface area contributed by atoms with Crippen molar-refractivity contribution >= 4 is 10.1 Å². The molecule has 0 aromatic heterocycles. The van der Waals surface area contributed by atoms with E-state index in [1.165, 1.54) is 32.4 Å². The van der Waals surface area contributed by atoms with Gasteiger partial charge in [-0.2, -0.15) is 8.42 Å². The summed E-state index contributed by atoms with van der Waals surface area (Å²) in [6.07, 6.45) is -4.87. The predicted octanol–water partition coefficient (Wildman–Crippen LogP) is 3.37. The van der Waals surface area contributed by atoms with E-state index in [0.717, 1.165) is 24.3 Å². The number of hydrogen-bond donors (Lipinski definition) is 0. The first-order valence-corrected chi connectivity index (χ1v) is 8.07. The zero-order valence-corrected chi connectivity index (χ0v) is 13.8. The second kappa shape index (κ2) is 7.09.